The second-order valence-corrected chi connectivity index (χ2v) is 5.78. The molecule has 8 heteroatoms. The lowest BCUT2D eigenvalue weighted by atomic mass is 10.3. The molecule has 0 atom stereocenters. The largest absolute Gasteiger partial charge is 0.373 e. The van der Waals surface area contributed by atoms with Gasteiger partial charge < -0.3 is 10.6 Å². The van der Waals surface area contributed by atoms with Gasteiger partial charge in [-0.05, 0) is 34.3 Å². The van der Waals surface area contributed by atoms with Gasteiger partial charge in [-0.1, -0.05) is 23.4 Å². The Morgan fingerprint density at radius 3 is 2.55 bits per heavy atom. The van der Waals surface area contributed by atoms with E-state index in [4.69, 9.17) is 11.6 Å². The van der Waals surface area contributed by atoms with Crippen LogP contribution in [0.15, 0.2) is 27.8 Å². The Labute approximate surface area is 133 Å². The SMILES string of the molecule is CNc1cc(Nc2c(Cl)cc(F)cc2Br)nc(SC)n1. The summed E-state index contributed by atoms with van der Waals surface area (Å²) in [7, 11) is 1.77. The van der Waals surface area contributed by atoms with Crippen LogP contribution in [0.2, 0.25) is 5.02 Å². The zero-order chi connectivity index (χ0) is 14.7. The van der Waals surface area contributed by atoms with Crippen LogP contribution in [0, 0.1) is 5.82 Å². The number of nitrogens with zero attached hydrogens (tertiary/aromatic N) is 2. The van der Waals surface area contributed by atoms with Crippen molar-refractivity contribution in [2.24, 2.45) is 0 Å². The molecule has 0 radical (unpaired) electrons. The third-order valence-electron chi connectivity index (χ3n) is 2.40. The second kappa shape index (κ2) is 6.60. The lowest BCUT2D eigenvalue weighted by Gasteiger charge is -2.12. The quantitative estimate of drug-likeness (QED) is 0.605. The molecule has 0 fully saturated rings. The number of hydrogen-bond donors (Lipinski definition) is 2. The van der Waals surface area contributed by atoms with E-state index in [-0.39, 0.29) is 5.02 Å². The first kappa shape index (κ1) is 15.3. The van der Waals surface area contributed by atoms with Crippen LogP contribution in [-0.2, 0) is 0 Å². The summed E-state index contributed by atoms with van der Waals surface area (Å²) in [5, 5.41) is 6.91. The third-order valence-corrected chi connectivity index (χ3v) is 3.88. The van der Waals surface area contributed by atoms with Crippen molar-refractivity contribution in [3.05, 3.63) is 33.5 Å². The topological polar surface area (TPSA) is 49.8 Å². The van der Waals surface area contributed by atoms with Crippen LogP contribution in [0.4, 0.5) is 21.7 Å². The second-order valence-electron chi connectivity index (χ2n) is 3.74. The monoisotopic (exact) mass is 376 g/mol. The van der Waals surface area contributed by atoms with Gasteiger partial charge in [-0.15, -0.1) is 0 Å². The predicted molar refractivity (Wildman–Crippen MR) is 85.8 cm³/mol. The summed E-state index contributed by atoms with van der Waals surface area (Å²) in [4.78, 5) is 8.59. The van der Waals surface area contributed by atoms with Gasteiger partial charge in [0.05, 0.1) is 10.7 Å². The van der Waals surface area contributed by atoms with Crippen molar-refractivity contribution < 1.29 is 4.39 Å². The van der Waals surface area contributed by atoms with Gasteiger partial charge in [0.15, 0.2) is 5.16 Å². The zero-order valence-electron chi connectivity index (χ0n) is 10.7. The lowest BCUT2D eigenvalue weighted by Crippen LogP contribution is -2.01. The smallest absolute Gasteiger partial charge is 0.191 e. The summed E-state index contributed by atoms with van der Waals surface area (Å²) in [6.45, 7) is 0. The van der Waals surface area contributed by atoms with E-state index in [0.29, 0.717) is 27.0 Å². The van der Waals surface area contributed by atoms with Crippen LogP contribution in [0.1, 0.15) is 0 Å². The van der Waals surface area contributed by atoms with E-state index >= 15 is 0 Å². The van der Waals surface area contributed by atoms with Crippen molar-refractivity contribution in [1.29, 1.82) is 0 Å². The highest BCUT2D eigenvalue weighted by atomic mass is 79.9. The maximum Gasteiger partial charge on any atom is 0.191 e. The van der Waals surface area contributed by atoms with Gasteiger partial charge in [-0.25, -0.2) is 14.4 Å². The molecule has 4 nitrogen and oxygen atoms in total. The van der Waals surface area contributed by atoms with E-state index in [1.165, 1.54) is 23.9 Å². The van der Waals surface area contributed by atoms with Crippen LogP contribution in [0.3, 0.4) is 0 Å². The van der Waals surface area contributed by atoms with Crippen molar-refractivity contribution in [3.63, 3.8) is 0 Å². The molecule has 0 aliphatic carbocycles. The van der Waals surface area contributed by atoms with Crippen LogP contribution in [-0.4, -0.2) is 23.3 Å². The van der Waals surface area contributed by atoms with Gasteiger partial charge in [0, 0.05) is 17.6 Å². The first-order valence-corrected chi connectivity index (χ1v) is 7.95. The average molecular weight is 378 g/mol. The number of aromatic nitrogens is 2. The minimum Gasteiger partial charge on any atom is -0.373 e. The number of benzene rings is 1. The molecule has 20 heavy (non-hydrogen) atoms. The van der Waals surface area contributed by atoms with E-state index in [9.17, 15) is 4.39 Å². The summed E-state index contributed by atoms with van der Waals surface area (Å²) in [6.07, 6.45) is 1.89. The van der Waals surface area contributed by atoms with Gasteiger partial charge in [0.2, 0.25) is 0 Å². The van der Waals surface area contributed by atoms with E-state index < -0.39 is 5.82 Å². The molecule has 0 aliphatic heterocycles. The summed E-state index contributed by atoms with van der Waals surface area (Å²) in [6, 6.07) is 4.32. The van der Waals surface area contributed by atoms with Gasteiger partial charge in [-0.3, -0.25) is 0 Å². The van der Waals surface area contributed by atoms with Crippen molar-refractivity contribution in [2.45, 2.75) is 5.16 Å². The Hall–Kier alpha value is -1.05. The highest BCUT2D eigenvalue weighted by Crippen LogP contribution is 2.34. The Balaban J connectivity index is 2.39. The molecular formula is C12H11BrClFN4S. The van der Waals surface area contributed by atoms with Crippen molar-refractivity contribution in [2.75, 3.05) is 23.9 Å². The number of anilines is 3. The average Bonchev–Trinajstić information content (AvgIpc) is 2.42. The van der Waals surface area contributed by atoms with E-state index in [1.54, 1.807) is 13.1 Å². The summed E-state index contributed by atoms with van der Waals surface area (Å²) < 4.78 is 13.7. The molecule has 0 saturated carbocycles. The molecule has 1 aromatic heterocycles. The maximum absolute atomic E-state index is 13.2. The van der Waals surface area contributed by atoms with Crippen LogP contribution < -0.4 is 10.6 Å². The Morgan fingerprint density at radius 1 is 1.25 bits per heavy atom. The molecular weight excluding hydrogens is 367 g/mol. The molecule has 2 rings (SSSR count). The lowest BCUT2D eigenvalue weighted by molar-refractivity contribution is 0.627. The predicted octanol–water partition coefficient (Wildman–Crippen LogP) is 4.54. The van der Waals surface area contributed by atoms with Crippen molar-refractivity contribution in [3.8, 4) is 0 Å². The minimum atomic E-state index is -0.407. The standard InChI is InChI=1S/C12H11BrClFN4S/c1-16-9-5-10(19-12(18-9)20-2)17-11-7(13)3-6(15)4-8(11)14/h3-5H,1-2H3,(H2,16,17,18,19). The fraction of sp³-hybridized carbons (Fsp3) is 0.167. The van der Waals surface area contributed by atoms with E-state index in [0.717, 1.165) is 0 Å². The molecule has 0 bridgehead atoms. The normalized spacial score (nSPS) is 10.4. The van der Waals surface area contributed by atoms with Crippen LogP contribution in [0.5, 0.6) is 0 Å². The third kappa shape index (κ3) is 3.53. The molecule has 2 N–H and O–H groups in total. The number of nitrogens with one attached hydrogen (secondary N) is 2. The summed E-state index contributed by atoms with van der Waals surface area (Å²) in [5.41, 5.74) is 0.556. The van der Waals surface area contributed by atoms with E-state index in [1.807, 2.05) is 6.26 Å². The molecule has 0 unspecified atom stereocenters. The van der Waals surface area contributed by atoms with Gasteiger partial charge in [-0.2, -0.15) is 0 Å². The van der Waals surface area contributed by atoms with Gasteiger partial charge in [0.25, 0.3) is 0 Å². The minimum absolute atomic E-state index is 0.271. The highest BCUT2D eigenvalue weighted by Gasteiger charge is 2.10. The molecule has 1 heterocycles. The Kier molecular flexibility index (Phi) is 5.06. The molecule has 106 valence electrons. The van der Waals surface area contributed by atoms with E-state index in [2.05, 4.69) is 36.5 Å². The molecule has 0 spiro atoms. The highest BCUT2D eigenvalue weighted by molar-refractivity contribution is 9.10. The van der Waals surface area contributed by atoms with Gasteiger partial charge >= 0.3 is 0 Å². The Bertz CT molecular complexity index is 596. The zero-order valence-corrected chi connectivity index (χ0v) is 13.8. The maximum atomic E-state index is 13.2. The summed E-state index contributed by atoms with van der Waals surface area (Å²) >= 11 is 10.7. The number of rotatable bonds is 4. The molecule has 0 amide bonds. The molecule has 0 saturated heterocycles. The molecule has 1 aromatic carbocycles. The fourth-order valence-corrected chi connectivity index (χ4v) is 2.78. The first-order valence-electron chi connectivity index (χ1n) is 5.56. The number of hydrogen-bond acceptors (Lipinski definition) is 5. The number of halogens is 3. The first-order chi connectivity index (χ1) is 9.53. The summed E-state index contributed by atoms with van der Waals surface area (Å²) in [5.74, 6) is 0.847. The fourth-order valence-electron chi connectivity index (χ4n) is 1.50. The van der Waals surface area contributed by atoms with Gasteiger partial charge in [0.1, 0.15) is 17.5 Å². The van der Waals surface area contributed by atoms with Crippen molar-refractivity contribution >= 4 is 56.6 Å². The molecule has 2 aromatic rings. The van der Waals surface area contributed by atoms with Crippen molar-refractivity contribution in [1.82, 2.24) is 9.97 Å². The van der Waals surface area contributed by atoms with Crippen LogP contribution >= 0.6 is 39.3 Å². The number of thioether (sulfide) groups is 1. The van der Waals surface area contributed by atoms with Crippen LogP contribution in [0.25, 0.3) is 0 Å². The molecule has 0 aliphatic rings. The Morgan fingerprint density at radius 2 is 1.95 bits per heavy atom.